The molecule has 1 amide bonds. The van der Waals surface area contributed by atoms with Crippen LogP contribution in [0.4, 0.5) is 0 Å². The minimum absolute atomic E-state index is 0.222. The summed E-state index contributed by atoms with van der Waals surface area (Å²) in [5.74, 6) is -0.820. The quantitative estimate of drug-likeness (QED) is 0.745. The number of amides is 1. The number of benzene rings is 1. The topological polar surface area (TPSA) is 92.8 Å². The van der Waals surface area contributed by atoms with Gasteiger partial charge in [0.15, 0.2) is 0 Å². The van der Waals surface area contributed by atoms with E-state index in [0.717, 1.165) is 11.8 Å². The molecule has 2 heterocycles. The molecule has 28 heavy (non-hydrogen) atoms. The Hall–Kier alpha value is -2.19. The maximum atomic E-state index is 12.9. The van der Waals surface area contributed by atoms with Crippen molar-refractivity contribution in [3.05, 3.63) is 46.5 Å². The van der Waals surface area contributed by atoms with E-state index in [1.54, 1.807) is 6.92 Å². The van der Waals surface area contributed by atoms with Crippen LogP contribution in [0, 0.1) is 6.92 Å². The first-order valence-electron chi connectivity index (χ1n) is 9.36. The summed E-state index contributed by atoms with van der Waals surface area (Å²) in [5, 5.41) is 2.89. The summed E-state index contributed by atoms with van der Waals surface area (Å²) in [6.07, 6.45) is 2.40. The van der Waals surface area contributed by atoms with E-state index in [1.165, 1.54) is 9.87 Å². The SMILES string of the molecule is CC1=C(C(=O)NCCc2ccc(C)cc2)C2(CCN(S(C)(=O)=O)CC2)OC1=O. The van der Waals surface area contributed by atoms with Crippen LogP contribution < -0.4 is 5.32 Å². The first kappa shape index (κ1) is 20.5. The van der Waals surface area contributed by atoms with Gasteiger partial charge in [-0.25, -0.2) is 17.5 Å². The van der Waals surface area contributed by atoms with Gasteiger partial charge in [0.05, 0.1) is 11.8 Å². The molecule has 0 aromatic heterocycles. The third kappa shape index (κ3) is 4.12. The molecule has 1 spiro atoms. The van der Waals surface area contributed by atoms with Crippen molar-refractivity contribution in [3.8, 4) is 0 Å². The Morgan fingerprint density at radius 2 is 1.79 bits per heavy atom. The minimum atomic E-state index is -3.31. The molecule has 2 aliphatic heterocycles. The van der Waals surface area contributed by atoms with E-state index in [1.807, 2.05) is 31.2 Å². The molecule has 1 aromatic carbocycles. The highest BCUT2D eigenvalue weighted by Crippen LogP contribution is 2.41. The highest BCUT2D eigenvalue weighted by atomic mass is 32.2. The van der Waals surface area contributed by atoms with Gasteiger partial charge in [-0.1, -0.05) is 29.8 Å². The smallest absolute Gasteiger partial charge is 0.335 e. The van der Waals surface area contributed by atoms with Gasteiger partial charge >= 0.3 is 5.97 Å². The normalized spacial score (nSPS) is 19.8. The van der Waals surface area contributed by atoms with E-state index in [4.69, 9.17) is 4.74 Å². The van der Waals surface area contributed by atoms with Gasteiger partial charge in [-0.3, -0.25) is 4.79 Å². The molecule has 0 unspecified atom stereocenters. The molecule has 0 atom stereocenters. The van der Waals surface area contributed by atoms with Crippen LogP contribution in [0.2, 0.25) is 0 Å². The Bertz CT molecular complexity index is 910. The van der Waals surface area contributed by atoms with Crippen molar-refractivity contribution in [2.24, 2.45) is 0 Å². The summed E-state index contributed by atoms with van der Waals surface area (Å²) in [6.45, 7) is 4.50. The van der Waals surface area contributed by atoms with E-state index in [2.05, 4.69) is 5.32 Å². The number of nitrogens with one attached hydrogen (secondary N) is 1. The number of rotatable bonds is 5. The third-order valence-electron chi connectivity index (χ3n) is 5.47. The van der Waals surface area contributed by atoms with Gasteiger partial charge in [0.25, 0.3) is 5.91 Å². The molecule has 1 fully saturated rings. The lowest BCUT2D eigenvalue weighted by atomic mass is 9.83. The van der Waals surface area contributed by atoms with Crippen LogP contribution in [0.3, 0.4) is 0 Å². The predicted molar refractivity (Wildman–Crippen MR) is 105 cm³/mol. The molecule has 0 aliphatic carbocycles. The lowest BCUT2D eigenvalue weighted by Gasteiger charge is -2.38. The minimum Gasteiger partial charge on any atom is -0.450 e. The Kier molecular flexibility index (Phi) is 5.63. The van der Waals surface area contributed by atoms with Crippen molar-refractivity contribution >= 4 is 21.9 Å². The largest absolute Gasteiger partial charge is 0.450 e. The summed E-state index contributed by atoms with van der Waals surface area (Å²) in [4.78, 5) is 25.0. The number of ether oxygens (including phenoxy) is 1. The number of hydrogen-bond acceptors (Lipinski definition) is 5. The zero-order valence-corrected chi connectivity index (χ0v) is 17.3. The third-order valence-corrected chi connectivity index (χ3v) is 6.77. The van der Waals surface area contributed by atoms with E-state index < -0.39 is 21.6 Å². The summed E-state index contributed by atoms with van der Waals surface area (Å²) < 4.78 is 30.4. The second-order valence-electron chi connectivity index (χ2n) is 7.54. The van der Waals surface area contributed by atoms with Crippen molar-refractivity contribution < 1.29 is 22.7 Å². The number of carbonyl (C=O) groups excluding carboxylic acids is 2. The van der Waals surface area contributed by atoms with Gasteiger partial charge in [-0.15, -0.1) is 0 Å². The maximum Gasteiger partial charge on any atom is 0.335 e. The van der Waals surface area contributed by atoms with Gasteiger partial charge in [-0.2, -0.15) is 0 Å². The van der Waals surface area contributed by atoms with Crippen molar-refractivity contribution in [2.75, 3.05) is 25.9 Å². The Labute approximate surface area is 165 Å². The van der Waals surface area contributed by atoms with Crippen LogP contribution in [-0.4, -0.2) is 56.1 Å². The van der Waals surface area contributed by atoms with Crippen molar-refractivity contribution in [3.63, 3.8) is 0 Å². The standard InChI is InChI=1S/C20H26N2O5S/c1-14-4-6-16(7-5-14)8-11-21-18(23)17-15(2)19(24)27-20(17)9-12-22(13-10-20)28(3,25)26/h4-7H,8-13H2,1-3H3,(H,21,23). The molecule has 8 heteroatoms. The average molecular weight is 407 g/mol. The molecule has 0 bridgehead atoms. The van der Waals surface area contributed by atoms with Crippen LogP contribution in [0.1, 0.15) is 30.9 Å². The fourth-order valence-corrected chi connectivity index (χ4v) is 4.67. The molecule has 1 aromatic rings. The molecule has 3 rings (SSSR count). The van der Waals surface area contributed by atoms with E-state index in [9.17, 15) is 18.0 Å². The average Bonchev–Trinajstić information content (AvgIpc) is 2.86. The van der Waals surface area contributed by atoms with Gasteiger partial charge in [0, 0.05) is 38.0 Å². The van der Waals surface area contributed by atoms with E-state index >= 15 is 0 Å². The van der Waals surface area contributed by atoms with Gasteiger partial charge < -0.3 is 10.1 Å². The number of esters is 1. The molecular formula is C20H26N2O5S. The molecule has 1 N–H and O–H groups in total. The number of piperidine rings is 1. The fourth-order valence-electron chi connectivity index (χ4n) is 3.82. The van der Waals surface area contributed by atoms with Gasteiger partial charge in [0.2, 0.25) is 10.0 Å². The molecule has 2 aliphatic rings. The van der Waals surface area contributed by atoms with E-state index in [0.29, 0.717) is 24.1 Å². The van der Waals surface area contributed by atoms with Crippen molar-refractivity contribution in [2.45, 2.75) is 38.7 Å². The van der Waals surface area contributed by atoms with E-state index in [-0.39, 0.29) is 31.8 Å². The van der Waals surface area contributed by atoms with Crippen LogP contribution in [0.5, 0.6) is 0 Å². The summed E-state index contributed by atoms with van der Waals surface area (Å²) in [6, 6.07) is 8.10. The fraction of sp³-hybridized carbons (Fsp3) is 0.500. The summed E-state index contributed by atoms with van der Waals surface area (Å²) in [5.41, 5.74) is 1.91. The second kappa shape index (κ2) is 7.67. The number of hydrogen-bond donors (Lipinski definition) is 1. The van der Waals surface area contributed by atoms with Crippen molar-refractivity contribution in [1.82, 2.24) is 9.62 Å². The number of carbonyl (C=O) groups is 2. The Balaban J connectivity index is 1.68. The Morgan fingerprint density at radius 1 is 1.18 bits per heavy atom. The van der Waals surface area contributed by atoms with Crippen LogP contribution in [0.15, 0.2) is 35.4 Å². The molecule has 0 radical (unpaired) electrons. The molecule has 152 valence electrons. The Morgan fingerprint density at radius 3 is 2.36 bits per heavy atom. The van der Waals surface area contributed by atoms with Crippen molar-refractivity contribution in [1.29, 1.82) is 0 Å². The second-order valence-corrected chi connectivity index (χ2v) is 9.52. The molecule has 7 nitrogen and oxygen atoms in total. The molecular weight excluding hydrogens is 380 g/mol. The summed E-state index contributed by atoms with van der Waals surface area (Å²) >= 11 is 0. The first-order chi connectivity index (χ1) is 13.1. The lowest BCUT2D eigenvalue weighted by molar-refractivity contribution is -0.150. The lowest BCUT2D eigenvalue weighted by Crippen LogP contribution is -2.50. The molecule has 1 saturated heterocycles. The number of aryl methyl sites for hydroxylation is 1. The molecule has 0 saturated carbocycles. The highest BCUT2D eigenvalue weighted by molar-refractivity contribution is 7.88. The zero-order valence-electron chi connectivity index (χ0n) is 16.4. The van der Waals surface area contributed by atoms with Gasteiger partial charge in [-0.05, 0) is 25.8 Å². The highest BCUT2D eigenvalue weighted by Gasteiger charge is 2.51. The monoisotopic (exact) mass is 406 g/mol. The number of nitrogens with zero attached hydrogens (tertiary/aromatic N) is 1. The van der Waals surface area contributed by atoms with Gasteiger partial charge in [0.1, 0.15) is 5.60 Å². The van der Waals surface area contributed by atoms with Crippen LogP contribution in [0.25, 0.3) is 0 Å². The van der Waals surface area contributed by atoms with Crippen LogP contribution >= 0.6 is 0 Å². The maximum absolute atomic E-state index is 12.9. The summed E-state index contributed by atoms with van der Waals surface area (Å²) in [7, 11) is -3.31. The zero-order chi connectivity index (χ0) is 20.5. The predicted octanol–water partition coefficient (Wildman–Crippen LogP) is 1.32. The first-order valence-corrected chi connectivity index (χ1v) is 11.2. The van der Waals surface area contributed by atoms with Crippen LogP contribution in [-0.2, 0) is 30.8 Å². The number of sulfonamides is 1.